The van der Waals surface area contributed by atoms with E-state index in [9.17, 15) is 9.59 Å². The lowest BCUT2D eigenvalue weighted by atomic mass is 10.2. The summed E-state index contributed by atoms with van der Waals surface area (Å²) in [4.78, 5) is 25.0. The van der Waals surface area contributed by atoms with Crippen molar-refractivity contribution >= 4 is 64.1 Å². The summed E-state index contributed by atoms with van der Waals surface area (Å²) in [5.74, 6) is 0.0531. The van der Waals surface area contributed by atoms with Gasteiger partial charge in [-0.3, -0.25) is 9.59 Å². The van der Waals surface area contributed by atoms with Gasteiger partial charge in [0.1, 0.15) is 0 Å². The normalized spacial score (nSPS) is 11.6. The van der Waals surface area contributed by atoms with Crippen molar-refractivity contribution in [2.75, 3.05) is 11.1 Å². The van der Waals surface area contributed by atoms with Gasteiger partial charge in [0.05, 0.1) is 22.4 Å². The van der Waals surface area contributed by atoms with Crippen LogP contribution in [0.4, 0.5) is 5.69 Å². The zero-order chi connectivity index (χ0) is 24.0. The van der Waals surface area contributed by atoms with Crippen molar-refractivity contribution in [2.24, 2.45) is 0 Å². The number of allylic oxidation sites excluding steroid dienone is 1. The number of hydrogen-bond donors (Lipinski definition) is 2. The van der Waals surface area contributed by atoms with Gasteiger partial charge in [0.25, 0.3) is 5.91 Å². The Kier molecular flexibility index (Phi) is 8.80. The van der Waals surface area contributed by atoms with Gasteiger partial charge in [0.2, 0.25) is 5.91 Å². The second-order valence-electron chi connectivity index (χ2n) is 6.91. The third-order valence-electron chi connectivity index (χ3n) is 4.41. The van der Waals surface area contributed by atoms with Crippen LogP contribution in [0.15, 0.2) is 60.3 Å². The first-order chi connectivity index (χ1) is 15.8. The maximum absolute atomic E-state index is 12.7. The number of benzene rings is 2. The average molecular weight is 525 g/mol. The van der Waals surface area contributed by atoms with Crippen molar-refractivity contribution in [1.82, 2.24) is 20.1 Å². The Morgan fingerprint density at radius 2 is 1.91 bits per heavy atom. The van der Waals surface area contributed by atoms with Gasteiger partial charge >= 0.3 is 0 Å². The predicted octanol–water partition coefficient (Wildman–Crippen LogP) is 5.65. The number of carbonyl (C=O) groups is 2. The van der Waals surface area contributed by atoms with E-state index in [4.69, 9.17) is 34.8 Å². The van der Waals surface area contributed by atoms with Gasteiger partial charge in [-0.2, -0.15) is 0 Å². The molecule has 0 saturated carbocycles. The maximum atomic E-state index is 12.7. The summed E-state index contributed by atoms with van der Waals surface area (Å²) in [6.45, 7) is 5.96. The topological polar surface area (TPSA) is 88.9 Å². The summed E-state index contributed by atoms with van der Waals surface area (Å²) in [5, 5.41) is 15.8. The molecule has 1 atom stereocenters. The van der Waals surface area contributed by atoms with Crippen LogP contribution in [-0.2, 0) is 11.3 Å². The van der Waals surface area contributed by atoms with E-state index in [0.29, 0.717) is 38.8 Å². The molecule has 0 unspecified atom stereocenters. The standard InChI is InChI=1S/C22H20Cl3N5O2S/c1-3-9-30-20(13(2)26-21(32)17-8-7-15(24)11-18(17)25)28-29-22(30)33-12-19(31)27-16-6-4-5-14(23)10-16/h3-8,10-11,13H,1,9,12H2,2H3,(H,26,32)(H,27,31)/t13-/m1/s1. The number of hydrogen-bond acceptors (Lipinski definition) is 5. The van der Waals surface area contributed by atoms with Crippen LogP contribution in [0.25, 0.3) is 0 Å². The zero-order valence-electron chi connectivity index (χ0n) is 17.5. The number of anilines is 1. The fourth-order valence-electron chi connectivity index (χ4n) is 2.93. The lowest BCUT2D eigenvalue weighted by Gasteiger charge is -2.16. The molecule has 2 N–H and O–H groups in total. The molecular formula is C22H20Cl3N5O2S. The van der Waals surface area contributed by atoms with E-state index >= 15 is 0 Å². The molecule has 0 saturated heterocycles. The van der Waals surface area contributed by atoms with Crippen LogP contribution in [0, 0.1) is 0 Å². The average Bonchev–Trinajstić information content (AvgIpc) is 3.15. The monoisotopic (exact) mass is 523 g/mol. The van der Waals surface area contributed by atoms with E-state index in [2.05, 4.69) is 27.4 Å². The van der Waals surface area contributed by atoms with Gasteiger partial charge in [-0.05, 0) is 43.3 Å². The maximum Gasteiger partial charge on any atom is 0.253 e. The third kappa shape index (κ3) is 6.74. The Bertz CT molecular complexity index is 1180. The first-order valence-corrected chi connectivity index (χ1v) is 11.9. The van der Waals surface area contributed by atoms with Crippen LogP contribution in [0.2, 0.25) is 15.1 Å². The number of amides is 2. The molecule has 0 aliphatic rings. The molecule has 0 fully saturated rings. The van der Waals surface area contributed by atoms with Crippen molar-refractivity contribution in [3.8, 4) is 0 Å². The number of rotatable bonds is 9. The summed E-state index contributed by atoms with van der Waals surface area (Å²) >= 11 is 19.2. The molecule has 0 spiro atoms. The van der Waals surface area contributed by atoms with Crippen LogP contribution < -0.4 is 10.6 Å². The van der Waals surface area contributed by atoms with Crippen molar-refractivity contribution in [3.63, 3.8) is 0 Å². The van der Waals surface area contributed by atoms with Crippen molar-refractivity contribution < 1.29 is 9.59 Å². The van der Waals surface area contributed by atoms with Crippen molar-refractivity contribution in [3.05, 3.63) is 81.6 Å². The minimum absolute atomic E-state index is 0.114. The molecule has 3 rings (SSSR count). The highest BCUT2D eigenvalue weighted by Gasteiger charge is 2.21. The van der Waals surface area contributed by atoms with Crippen molar-refractivity contribution in [1.29, 1.82) is 0 Å². The summed E-state index contributed by atoms with van der Waals surface area (Å²) in [6.07, 6.45) is 1.69. The lowest BCUT2D eigenvalue weighted by molar-refractivity contribution is -0.113. The Morgan fingerprint density at radius 3 is 2.61 bits per heavy atom. The molecule has 1 aromatic heterocycles. The molecule has 33 heavy (non-hydrogen) atoms. The third-order valence-corrected chi connectivity index (χ3v) is 6.16. The predicted molar refractivity (Wildman–Crippen MR) is 133 cm³/mol. The van der Waals surface area contributed by atoms with Gasteiger partial charge in [-0.1, -0.05) is 58.7 Å². The number of nitrogens with one attached hydrogen (secondary N) is 2. The largest absolute Gasteiger partial charge is 0.342 e. The van der Waals surface area contributed by atoms with E-state index in [1.54, 1.807) is 54.0 Å². The van der Waals surface area contributed by atoms with Gasteiger partial charge in [0, 0.05) is 22.3 Å². The highest BCUT2D eigenvalue weighted by molar-refractivity contribution is 7.99. The molecule has 172 valence electrons. The first-order valence-electron chi connectivity index (χ1n) is 9.76. The van der Waals surface area contributed by atoms with E-state index < -0.39 is 6.04 Å². The van der Waals surface area contributed by atoms with Crippen LogP contribution >= 0.6 is 46.6 Å². The number of thioether (sulfide) groups is 1. The highest BCUT2D eigenvalue weighted by atomic mass is 35.5. The van der Waals surface area contributed by atoms with E-state index in [1.807, 2.05) is 0 Å². The Balaban J connectivity index is 1.68. The molecule has 0 aliphatic carbocycles. The summed E-state index contributed by atoms with van der Waals surface area (Å²) < 4.78 is 1.79. The van der Waals surface area contributed by atoms with Crippen LogP contribution in [0.1, 0.15) is 29.1 Å². The lowest BCUT2D eigenvalue weighted by Crippen LogP contribution is -2.29. The molecule has 11 heteroatoms. The second kappa shape index (κ2) is 11.6. The fourth-order valence-corrected chi connectivity index (χ4v) is 4.37. The molecule has 0 aliphatic heterocycles. The number of halogens is 3. The molecular weight excluding hydrogens is 505 g/mol. The van der Waals surface area contributed by atoms with Gasteiger partial charge in [-0.15, -0.1) is 16.8 Å². The van der Waals surface area contributed by atoms with Crippen molar-refractivity contribution in [2.45, 2.75) is 24.7 Å². The van der Waals surface area contributed by atoms with Gasteiger partial charge < -0.3 is 15.2 Å². The van der Waals surface area contributed by atoms with E-state index in [-0.39, 0.29) is 22.6 Å². The highest BCUT2D eigenvalue weighted by Crippen LogP contribution is 2.24. The van der Waals surface area contributed by atoms with Crippen LogP contribution in [0.3, 0.4) is 0 Å². The van der Waals surface area contributed by atoms with Gasteiger partial charge in [-0.25, -0.2) is 0 Å². The molecule has 2 amide bonds. The Hall–Kier alpha value is -2.52. The molecule has 1 heterocycles. The molecule has 0 radical (unpaired) electrons. The Morgan fingerprint density at radius 1 is 1.15 bits per heavy atom. The quantitative estimate of drug-likeness (QED) is 0.279. The minimum atomic E-state index is -0.480. The molecule has 3 aromatic rings. The second-order valence-corrected chi connectivity index (χ2v) is 9.13. The smallest absolute Gasteiger partial charge is 0.253 e. The molecule has 7 nitrogen and oxygen atoms in total. The number of aromatic nitrogens is 3. The summed E-state index contributed by atoms with van der Waals surface area (Å²) in [7, 11) is 0. The minimum Gasteiger partial charge on any atom is -0.342 e. The van der Waals surface area contributed by atoms with E-state index in [1.165, 1.54) is 17.8 Å². The number of carbonyl (C=O) groups excluding carboxylic acids is 2. The molecule has 2 aromatic carbocycles. The molecule has 0 bridgehead atoms. The van der Waals surface area contributed by atoms with Crippen LogP contribution in [-0.4, -0.2) is 32.3 Å². The van der Waals surface area contributed by atoms with Crippen LogP contribution in [0.5, 0.6) is 0 Å². The van der Waals surface area contributed by atoms with Gasteiger partial charge in [0.15, 0.2) is 11.0 Å². The first kappa shape index (κ1) is 25.1. The summed E-state index contributed by atoms with van der Waals surface area (Å²) in [6, 6.07) is 11.1. The number of nitrogens with zero attached hydrogens (tertiary/aromatic N) is 3. The zero-order valence-corrected chi connectivity index (χ0v) is 20.6. The fraction of sp³-hybridized carbons (Fsp3) is 0.182. The summed E-state index contributed by atoms with van der Waals surface area (Å²) in [5.41, 5.74) is 0.911. The Labute approximate surface area is 210 Å². The SMILES string of the molecule is C=CCn1c(SCC(=O)Nc2cccc(Cl)c2)nnc1[C@@H](C)NC(=O)c1ccc(Cl)cc1Cl. The van der Waals surface area contributed by atoms with E-state index in [0.717, 1.165) is 0 Å².